The molecule has 0 atom stereocenters. The first-order valence-electron chi connectivity index (χ1n) is 7.45. The maximum Gasteiger partial charge on any atom is 0.253 e. The molecular formula is C17H19N3O2. The van der Waals surface area contributed by atoms with Gasteiger partial charge < -0.3 is 15.4 Å². The summed E-state index contributed by atoms with van der Waals surface area (Å²) in [5.41, 5.74) is 6.52. The molecular weight excluding hydrogens is 278 g/mol. The van der Waals surface area contributed by atoms with Gasteiger partial charge in [0, 0.05) is 37.1 Å². The largest absolute Gasteiger partial charge is 0.457 e. The van der Waals surface area contributed by atoms with E-state index in [0.717, 1.165) is 25.9 Å². The van der Waals surface area contributed by atoms with Crippen molar-refractivity contribution in [2.45, 2.75) is 18.9 Å². The number of nitrogens with zero attached hydrogens (tertiary/aromatic N) is 2. The first-order valence-corrected chi connectivity index (χ1v) is 7.45. The van der Waals surface area contributed by atoms with E-state index in [1.807, 2.05) is 23.1 Å². The van der Waals surface area contributed by atoms with E-state index in [9.17, 15) is 4.79 Å². The van der Waals surface area contributed by atoms with Crippen LogP contribution in [0, 0.1) is 0 Å². The van der Waals surface area contributed by atoms with Gasteiger partial charge in [-0.05, 0) is 43.2 Å². The minimum atomic E-state index is 0.0343. The average molecular weight is 297 g/mol. The molecule has 22 heavy (non-hydrogen) atoms. The van der Waals surface area contributed by atoms with E-state index in [4.69, 9.17) is 10.5 Å². The first kappa shape index (κ1) is 14.5. The van der Waals surface area contributed by atoms with Crippen molar-refractivity contribution in [1.29, 1.82) is 0 Å². The molecule has 5 heteroatoms. The minimum absolute atomic E-state index is 0.0343. The number of pyridine rings is 1. The SMILES string of the molecule is NC1CCN(C(=O)c2cccc(Oc3ccncc3)c2)CC1. The lowest BCUT2D eigenvalue weighted by Crippen LogP contribution is -2.42. The summed E-state index contributed by atoms with van der Waals surface area (Å²) in [7, 11) is 0. The van der Waals surface area contributed by atoms with Crippen LogP contribution in [0.15, 0.2) is 48.8 Å². The van der Waals surface area contributed by atoms with E-state index < -0.39 is 0 Å². The highest BCUT2D eigenvalue weighted by Gasteiger charge is 2.21. The number of hydrogen-bond acceptors (Lipinski definition) is 4. The van der Waals surface area contributed by atoms with Crippen LogP contribution in [0.25, 0.3) is 0 Å². The van der Waals surface area contributed by atoms with Crippen molar-refractivity contribution in [1.82, 2.24) is 9.88 Å². The summed E-state index contributed by atoms with van der Waals surface area (Å²) in [5, 5.41) is 0. The Kier molecular flexibility index (Phi) is 4.34. The van der Waals surface area contributed by atoms with Crippen LogP contribution in [0.2, 0.25) is 0 Å². The summed E-state index contributed by atoms with van der Waals surface area (Å²) in [6.07, 6.45) is 5.06. The number of rotatable bonds is 3. The van der Waals surface area contributed by atoms with Gasteiger partial charge >= 0.3 is 0 Å². The fraction of sp³-hybridized carbons (Fsp3) is 0.294. The zero-order valence-corrected chi connectivity index (χ0v) is 12.3. The highest BCUT2D eigenvalue weighted by atomic mass is 16.5. The molecule has 1 aliphatic heterocycles. The highest BCUT2D eigenvalue weighted by molar-refractivity contribution is 5.94. The Hall–Kier alpha value is -2.40. The van der Waals surface area contributed by atoms with Crippen molar-refractivity contribution in [3.05, 3.63) is 54.4 Å². The molecule has 0 spiro atoms. The van der Waals surface area contributed by atoms with Crippen LogP contribution in [0.4, 0.5) is 0 Å². The molecule has 1 aromatic carbocycles. The van der Waals surface area contributed by atoms with Gasteiger partial charge in [-0.2, -0.15) is 0 Å². The Balaban J connectivity index is 1.72. The lowest BCUT2D eigenvalue weighted by Gasteiger charge is -2.30. The van der Waals surface area contributed by atoms with Crippen LogP contribution in [0.3, 0.4) is 0 Å². The zero-order valence-electron chi connectivity index (χ0n) is 12.3. The summed E-state index contributed by atoms with van der Waals surface area (Å²) < 4.78 is 5.74. The van der Waals surface area contributed by atoms with Gasteiger partial charge in [0.1, 0.15) is 11.5 Å². The van der Waals surface area contributed by atoms with E-state index in [1.54, 1.807) is 30.6 Å². The fourth-order valence-corrected chi connectivity index (χ4v) is 2.52. The molecule has 2 heterocycles. The van der Waals surface area contributed by atoms with Gasteiger partial charge in [-0.15, -0.1) is 0 Å². The van der Waals surface area contributed by atoms with E-state index in [1.165, 1.54) is 0 Å². The predicted octanol–water partition coefficient (Wildman–Crippen LogP) is 2.44. The van der Waals surface area contributed by atoms with Gasteiger partial charge in [-0.3, -0.25) is 9.78 Å². The van der Waals surface area contributed by atoms with Crippen molar-refractivity contribution in [3.63, 3.8) is 0 Å². The predicted molar refractivity (Wildman–Crippen MR) is 83.9 cm³/mol. The van der Waals surface area contributed by atoms with E-state index >= 15 is 0 Å². The monoisotopic (exact) mass is 297 g/mol. The Morgan fingerprint density at radius 3 is 2.59 bits per heavy atom. The number of aromatic nitrogens is 1. The summed E-state index contributed by atoms with van der Waals surface area (Å²) >= 11 is 0. The third-order valence-electron chi connectivity index (χ3n) is 3.79. The molecule has 0 unspecified atom stereocenters. The Morgan fingerprint density at radius 1 is 1.14 bits per heavy atom. The number of amides is 1. The summed E-state index contributed by atoms with van der Waals surface area (Å²) in [6.45, 7) is 1.44. The molecule has 0 radical (unpaired) electrons. The van der Waals surface area contributed by atoms with Gasteiger partial charge in [-0.1, -0.05) is 6.07 Å². The molecule has 0 saturated carbocycles. The van der Waals surface area contributed by atoms with Gasteiger partial charge in [-0.25, -0.2) is 0 Å². The molecule has 2 aromatic rings. The number of carbonyl (C=O) groups excluding carboxylic acids is 1. The molecule has 1 saturated heterocycles. The molecule has 1 aliphatic rings. The second kappa shape index (κ2) is 6.58. The highest BCUT2D eigenvalue weighted by Crippen LogP contribution is 2.22. The Labute approximate surface area is 129 Å². The van der Waals surface area contributed by atoms with Crippen LogP contribution in [-0.2, 0) is 0 Å². The van der Waals surface area contributed by atoms with Gasteiger partial charge in [0.05, 0.1) is 0 Å². The van der Waals surface area contributed by atoms with Gasteiger partial charge in [0.15, 0.2) is 0 Å². The number of nitrogens with two attached hydrogens (primary N) is 1. The zero-order chi connectivity index (χ0) is 15.4. The van der Waals surface area contributed by atoms with Crippen molar-refractivity contribution in [2.75, 3.05) is 13.1 Å². The molecule has 0 aliphatic carbocycles. The average Bonchev–Trinajstić information content (AvgIpc) is 2.56. The van der Waals surface area contributed by atoms with Crippen LogP contribution in [0.5, 0.6) is 11.5 Å². The smallest absolute Gasteiger partial charge is 0.253 e. The Bertz CT molecular complexity index is 637. The normalized spacial score (nSPS) is 15.6. The molecule has 114 valence electrons. The molecule has 2 N–H and O–H groups in total. The lowest BCUT2D eigenvalue weighted by molar-refractivity contribution is 0.0714. The number of likely N-dealkylation sites (tertiary alicyclic amines) is 1. The molecule has 1 amide bonds. The third kappa shape index (κ3) is 3.43. The van der Waals surface area contributed by atoms with Crippen LogP contribution < -0.4 is 10.5 Å². The topological polar surface area (TPSA) is 68.5 Å². The van der Waals surface area contributed by atoms with Crippen molar-refractivity contribution < 1.29 is 9.53 Å². The maximum atomic E-state index is 12.5. The fourth-order valence-electron chi connectivity index (χ4n) is 2.52. The molecule has 1 fully saturated rings. The quantitative estimate of drug-likeness (QED) is 0.944. The number of hydrogen-bond donors (Lipinski definition) is 1. The van der Waals surface area contributed by atoms with Crippen molar-refractivity contribution in [2.24, 2.45) is 5.73 Å². The van der Waals surface area contributed by atoms with Crippen LogP contribution in [-0.4, -0.2) is 34.9 Å². The summed E-state index contributed by atoms with van der Waals surface area (Å²) in [4.78, 5) is 18.3. The lowest BCUT2D eigenvalue weighted by atomic mass is 10.0. The van der Waals surface area contributed by atoms with Gasteiger partial charge in [0.25, 0.3) is 5.91 Å². The maximum absolute atomic E-state index is 12.5. The second-order valence-corrected chi connectivity index (χ2v) is 5.44. The van der Waals surface area contributed by atoms with Crippen molar-refractivity contribution in [3.8, 4) is 11.5 Å². The minimum Gasteiger partial charge on any atom is -0.457 e. The number of benzene rings is 1. The molecule has 0 bridgehead atoms. The standard InChI is InChI=1S/C17H19N3O2/c18-14-6-10-20(11-7-14)17(21)13-2-1-3-16(12-13)22-15-4-8-19-9-5-15/h1-5,8-9,12,14H,6-7,10-11,18H2. The third-order valence-corrected chi connectivity index (χ3v) is 3.79. The Morgan fingerprint density at radius 2 is 1.86 bits per heavy atom. The second-order valence-electron chi connectivity index (χ2n) is 5.44. The van der Waals surface area contributed by atoms with Gasteiger partial charge in [0.2, 0.25) is 0 Å². The number of ether oxygens (including phenoxy) is 1. The van der Waals surface area contributed by atoms with Crippen LogP contribution in [0.1, 0.15) is 23.2 Å². The molecule has 5 nitrogen and oxygen atoms in total. The summed E-state index contributed by atoms with van der Waals surface area (Å²) in [6, 6.07) is 11.0. The van der Waals surface area contributed by atoms with E-state index in [0.29, 0.717) is 17.1 Å². The van der Waals surface area contributed by atoms with E-state index in [-0.39, 0.29) is 11.9 Å². The number of carbonyl (C=O) groups is 1. The molecule has 1 aromatic heterocycles. The van der Waals surface area contributed by atoms with Crippen molar-refractivity contribution >= 4 is 5.91 Å². The van der Waals surface area contributed by atoms with E-state index in [2.05, 4.69) is 4.98 Å². The number of piperidine rings is 1. The molecule has 3 rings (SSSR count). The summed E-state index contributed by atoms with van der Waals surface area (Å²) in [5.74, 6) is 1.38. The first-order chi connectivity index (χ1) is 10.7. The van der Waals surface area contributed by atoms with Crippen LogP contribution >= 0.6 is 0 Å².